The lowest BCUT2D eigenvalue weighted by atomic mass is 9.71. The highest BCUT2D eigenvalue weighted by molar-refractivity contribution is 5.88. The fourth-order valence-corrected chi connectivity index (χ4v) is 2.96. The molecule has 6 nitrogen and oxygen atoms in total. The lowest BCUT2D eigenvalue weighted by Crippen LogP contribution is -2.54. The van der Waals surface area contributed by atoms with Gasteiger partial charge >= 0.3 is 12.1 Å². The van der Waals surface area contributed by atoms with Crippen LogP contribution in [0, 0.1) is 17.8 Å². The van der Waals surface area contributed by atoms with E-state index in [0.717, 1.165) is 0 Å². The molecule has 2 unspecified atom stereocenters. The number of carboxylic acids is 1. The van der Waals surface area contributed by atoms with Gasteiger partial charge in [0.2, 0.25) is 0 Å². The summed E-state index contributed by atoms with van der Waals surface area (Å²) in [7, 11) is 0. The molecule has 2 aliphatic rings. The molecule has 2 atom stereocenters. The zero-order valence-electron chi connectivity index (χ0n) is 12.1. The maximum atomic E-state index is 12.1. The van der Waals surface area contributed by atoms with Crippen LogP contribution in [0.4, 0.5) is 4.79 Å². The number of rotatable bonds is 1. The first kappa shape index (κ1) is 14.8. The van der Waals surface area contributed by atoms with E-state index in [4.69, 9.17) is 9.84 Å². The summed E-state index contributed by atoms with van der Waals surface area (Å²) in [6.45, 7) is 5.92. The van der Waals surface area contributed by atoms with Gasteiger partial charge in [-0.25, -0.2) is 4.79 Å². The number of carboxylic acid groups (broad SMARTS) is 1. The van der Waals surface area contributed by atoms with E-state index in [1.807, 2.05) is 0 Å². The van der Waals surface area contributed by atoms with Gasteiger partial charge in [0.25, 0.3) is 0 Å². The van der Waals surface area contributed by atoms with Gasteiger partial charge in [0.15, 0.2) is 0 Å². The van der Waals surface area contributed by atoms with Crippen LogP contribution in [-0.2, 0) is 14.3 Å². The summed E-state index contributed by atoms with van der Waals surface area (Å²) < 4.78 is 5.31. The van der Waals surface area contributed by atoms with Crippen LogP contribution in [0.3, 0.4) is 0 Å². The van der Waals surface area contributed by atoms with Gasteiger partial charge in [-0.1, -0.05) is 0 Å². The number of carbonyl (C=O) groups excluding carboxylic acids is 2. The summed E-state index contributed by atoms with van der Waals surface area (Å²) in [5, 5.41) is 9.09. The smallest absolute Gasteiger partial charge is 0.410 e. The minimum atomic E-state index is -0.849. The van der Waals surface area contributed by atoms with Gasteiger partial charge < -0.3 is 14.7 Å². The maximum Gasteiger partial charge on any atom is 0.410 e. The predicted molar refractivity (Wildman–Crippen MR) is 70.2 cm³/mol. The van der Waals surface area contributed by atoms with Crippen LogP contribution in [-0.4, -0.2) is 46.5 Å². The number of fused-ring (bicyclic) bond motifs is 2. The third-order valence-electron chi connectivity index (χ3n) is 3.83. The van der Waals surface area contributed by atoms with Gasteiger partial charge in [0, 0.05) is 24.9 Å². The number of hydrogen-bond donors (Lipinski definition) is 1. The second kappa shape index (κ2) is 5.07. The van der Waals surface area contributed by atoms with E-state index in [2.05, 4.69) is 0 Å². The van der Waals surface area contributed by atoms with Crippen LogP contribution in [0.15, 0.2) is 0 Å². The van der Waals surface area contributed by atoms with E-state index in [1.54, 1.807) is 25.7 Å². The van der Waals surface area contributed by atoms with Crippen molar-refractivity contribution >= 4 is 17.8 Å². The van der Waals surface area contributed by atoms with Crippen molar-refractivity contribution in [2.24, 2.45) is 17.8 Å². The maximum absolute atomic E-state index is 12.1. The van der Waals surface area contributed by atoms with Crippen molar-refractivity contribution < 1.29 is 24.2 Å². The molecule has 20 heavy (non-hydrogen) atoms. The Bertz CT molecular complexity index is 421. The number of aliphatic carboxylic acids is 1. The summed E-state index contributed by atoms with van der Waals surface area (Å²) in [5.41, 5.74) is -0.572. The molecular weight excluding hydrogens is 262 g/mol. The van der Waals surface area contributed by atoms with E-state index >= 15 is 0 Å². The highest BCUT2D eigenvalue weighted by Crippen LogP contribution is 2.36. The molecule has 1 heterocycles. The van der Waals surface area contributed by atoms with E-state index < -0.39 is 23.6 Å². The standard InChI is InChI=1S/C14H21NO5/c1-14(2,3)20-13(19)15-6-9-4-8(12(17)18)5-10(7-15)11(9)16/h8-10H,4-7H2,1-3H3,(H,17,18). The second-order valence-electron chi connectivity index (χ2n) is 6.69. The zero-order chi connectivity index (χ0) is 15.1. The number of ketones is 1. The molecule has 0 radical (unpaired) electrons. The summed E-state index contributed by atoms with van der Waals surface area (Å²) in [4.78, 5) is 36.7. The Hall–Kier alpha value is -1.59. The van der Waals surface area contributed by atoms with E-state index in [-0.39, 0.29) is 30.7 Å². The predicted octanol–water partition coefficient (Wildman–Crippen LogP) is 1.53. The number of nitrogens with zero attached hydrogens (tertiary/aromatic N) is 1. The molecule has 2 fully saturated rings. The monoisotopic (exact) mass is 283 g/mol. The number of piperidine rings is 1. The summed E-state index contributed by atoms with van der Waals surface area (Å²) in [5.74, 6) is -1.95. The van der Waals surface area contributed by atoms with Gasteiger partial charge in [-0.05, 0) is 33.6 Å². The quantitative estimate of drug-likeness (QED) is 0.789. The minimum absolute atomic E-state index is 0.0994. The number of hydrogen-bond acceptors (Lipinski definition) is 4. The third kappa shape index (κ3) is 3.11. The van der Waals surface area contributed by atoms with Crippen molar-refractivity contribution in [3.8, 4) is 0 Å². The lowest BCUT2D eigenvalue weighted by molar-refractivity contribution is -0.148. The van der Waals surface area contributed by atoms with Gasteiger partial charge in [0.1, 0.15) is 11.4 Å². The summed E-state index contributed by atoms with van der Waals surface area (Å²) >= 11 is 0. The minimum Gasteiger partial charge on any atom is -0.481 e. The number of Topliss-reactive ketones (excluding diaryl/α,β-unsaturated/α-hetero) is 1. The Balaban J connectivity index is 2.05. The van der Waals surface area contributed by atoms with Crippen LogP contribution in [0.1, 0.15) is 33.6 Å². The number of likely N-dealkylation sites (tertiary alicyclic amines) is 1. The van der Waals surface area contributed by atoms with Crippen LogP contribution in [0.2, 0.25) is 0 Å². The van der Waals surface area contributed by atoms with Crippen LogP contribution >= 0.6 is 0 Å². The van der Waals surface area contributed by atoms with Crippen molar-refractivity contribution in [2.45, 2.75) is 39.2 Å². The van der Waals surface area contributed by atoms with Crippen molar-refractivity contribution in [3.63, 3.8) is 0 Å². The molecule has 2 bridgehead atoms. The molecule has 1 saturated heterocycles. The van der Waals surface area contributed by atoms with Crippen LogP contribution < -0.4 is 0 Å². The third-order valence-corrected chi connectivity index (χ3v) is 3.83. The molecule has 0 aromatic heterocycles. The average molecular weight is 283 g/mol. The van der Waals surface area contributed by atoms with E-state index in [1.165, 1.54) is 0 Å². The molecule has 0 aromatic rings. The van der Waals surface area contributed by atoms with Crippen LogP contribution in [0.25, 0.3) is 0 Å². The SMILES string of the molecule is CC(C)(C)OC(=O)N1CC2CC(C(=O)O)CC(C1)C2=O. The van der Waals surface area contributed by atoms with Crippen molar-refractivity contribution in [1.82, 2.24) is 4.90 Å². The molecule has 1 saturated carbocycles. The molecule has 0 spiro atoms. The highest BCUT2D eigenvalue weighted by Gasteiger charge is 2.45. The largest absolute Gasteiger partial charge is 0.481 e. The Morgan fingerprint density at radius 1 is 1.20 bits per heavy atom. The Morgan fingerprint density at radius 2 is 1.70 bits per heavy atom. The Kier molecular flexibility index (Phi) is 3.75. The molecule has 2 rings (SSSR count). The molecule has 1 amide bonds. The Morgan fingerprint density at radius 3 is 2.10 bits per heavy atom. The fourth-order valence-electron chi connectivity index (χ4n) is 2.96. The van der Waals surface area contributed by atoms with Gasteiger partial charge in [0.05, 0.1) is 5.92 Å². The first-order valence-electron chi connectivity index (χ1n) is 6.92. The molecule has 112 valence electrons. The van der Waals surface area contributed by atoms with Crippen molar-refractivity contribution in [1.29, 1.82) is 0 Å². The lowest BCUT2D eigenvalue weighted by Gasteiger charge is -2.42. The molecule has 0 aromatic carbocycles. The number of ether oxygens (including phenoxy) is 1. The molecule has 1 N–H and O–H groups in total. The highest BCUT2D eigenvalue weighted by atomic mass is 16.6. The molecular formula is C14H21NO5. The molecule has 1 aliphatic heterocycles. The summed E-state index contributed by atoms with van der Waals surface area (Å²) in [6.07, 6.45) is 0.224. The van der Waals surface area contributed by atoms with Crippen molar-refractivity contribution in [2.75, 3.05) is 13.1 Å². The topological polar surface area (TPSA) is 83.9 Å². The van der Waals surface area contributed by atoms with Gasteiger partial charge in [-0.3, -0.25) is 9.59 Å². The van der Waals surface area contributed by atoms with Gasteiger partial charge in [-0.15, -0.1) is 0 Å². The molecule has 6 heteroatoms. The first-order chi connectivity index (χ1) is 9.17. The average Bonchev–Trinajstić information content (AvgIpc) is 2.25. The first-order valence-corrected chi connectivity index (χ1v) is 6.92. The molecule has 1 aliphatic carbocycles. The van der Waals surface area contributed by atoms with E-state index in [9.17, 15) is 14.4 Å². The van der Waals surface area contributed by atoms with E-state index in [0.29, 0.717) is 12.8 Å². The zero-order valence-corrected chi connectivity index (χ0v) is 12.1. The van der Waals surface area contributed by atoms with Gasteiger partial charge in [-0.2, -0.15) is 0 Å². The van der Waals surface area contributed by atoms with Crippen molar-refractivity contribution in [3.05, 3.63) is 0 Å². The Labute approximate surface area is 118 Å². The fraction of sp³-hybridized carbons (Fsp3) is 0.786. The second-order valence-corrected chi connectivity index (χ2v) is 6.69. The summed E-state index contributed by atoms with van der Waals surface area (Å²) in [6, 6.07) is 0. The number of carbonyl (C=O) groups is 3. The number of amides is 1. The van der Waals surface area contributed by atoms with Crippen LogP contribution in [0.5, 0.6) is 0 Å². The normalized spacial score (nSPS) is 30.1.